The number of benzene rings is 1. The molecular formula is C16H22N2S. The lowest BCUT2D eigenvalue weighted by atomic mass is 10.1. The molecule has 2 rings (SSSR count). The molecular weight excluding hydrogens is 252 g/mol. The first-order chi connectivity index (χ1) is 8.99. The molecule has 0 saturated heterocycles. The van der Waals surface area contributed by atoms with Gasteiger partial charge in [0.2, 0.25) is 0 Å². The van der Waals surface area contributed by atoms with Crippen LogP contribution in [0.15, 0.2) is 30.3 Å². The third kappa shape index (κ3) is 3.88. The summed E-state index contributed by atoms with van der Waals surface area (Å²) < 4.78 is 0. The lowest BCUT2D eigenvalue weighted by molar-refractivity contribution is 0.426. The highest BCUT2D eigenvalue weighted by Gasteiger charge is 2.15. The second-order valence-electron chi connectivity index (χ2n) is 5.70. The van der Waals surface area contributed by atoms with Crippen LogP contribution in [-0.4, -0.2) is 10.5 Å². The first kappa shape index (κ1) is 14.2. The van der Waals surface area contributed by atoms with E-state index < -0.39 is 0 Å². The Hall–Kier alpha value is -1.19. The monoisotopic (exact) mass is 274 g/mol. The summed E-state index contributed by atoms with van der Waals surface area (Å²) in [5.74, 6) is 0. The number of aryl methyl sites for hydroxylation is 1. The molecule has 2 nitrogen and oxygen atoms in total. The highest BCUT2D eigenvalue weighted by atomic mass is 32.1. The summed E-state index contributed by atoms with van der Waals surface area (Å²) in [6.07, 6.45) is 1.00. The highest BCUT2D eigenvalue weighted by Crippen LogP contribution is 2.28. The molecule has 1 aromatic heterocycles. The summed E-state index contributed by atoms with van der Waals surface area (Å²) in [6, 6.07) is 10.5. The zero-order valence-electron chi connectivity index (χ0n) is 12.2. The molecule has 0 unspecified atom stereocenters. The lowest BCUT2D eigenvalue weighted by Gasteiger charge is -2.20. The Balaban J connectivity index is 2.29. The van der Waals surface area contributed by atoms with Crippen LogP contribution < -0.4 is 5.32 Å². The van der Waals surface area contributed by atoms with Gasteiger partial charge in [0.25, 0.3) is 0 Å². The van der Waals surface area contributed by atoms with E-state index in [2.05, 4.69) is 57.3 Å². The van der Waals surface area contributed by atoms with E-state index in [1.807, 2.05) is 17.4 Å². The molecule has 0 aliphatic carbocycles. The fourth-order valence-corrected chi connectivity index (χ4v) is 2.81. The SMILES string of the molecule is CCc1nc(-c2ccccc2)c(CNC(C)(C)C)s1. The Kier molecular flexibility index (Phi) is 4.38. The van der Waals surface area contributed by atoms with Crippen LogP contribution in [0.2, 0.25) is 0 Å². The van der Waals surface area contributed by atoms with E-state index in [9.17, 15) is 0 Å². The van der Waals surface area contributed by atoms with Crippen molar-refractivity contribution >= 4 is 11.3 Å². The number of hydrogen-bond donors (Lipinski definition) is 1. The quantitative estimate of drug-likeness (QED) is 0.901. The number of nitrogens with zero attached hydrogens (tertiary/aromatic N) is 1. The standard InChI is InChI=1S/C16H22N2S/c1-5-14-18-15(12-9-7-6-8-10-12)13(19-14)11-17-16(2,3)4/h6-10,17H,5,11H2,1-4H3. The Labute approximate surface area is 119 Å². The lowest BCUT2D eigenvalue weighted by Crippen LogP contribution is -2.34. The molecule has 1 heterocycles. The smallest absolute Gasteiger partial charge is 0.0933 e. The number of rotatable bonds is 4. The van der Waals surface area contributed by atoms with Gasteiger partial charge in [-0.2, -0.15) is 0 Å². The molecule has 102 valence electrons. The summed E-state index contributed by atoms with van der Waals surface area (Å²) in [5.41, 5.74) is 2.48. The number of nitrogens with one attached hydrogen (secondary N) is 1. The molecule has 1 aromatic carbocycles. The van der Waals surface area contributed by atoms with Gasteiger partial charge in [0.05, 0.1) is 10.7 Å². The summed E-state index contributed by atoms with van der Waals surface area (Å²) in [7, 11) is 0. The van der Waals surface area contributed by atoms with Crippen molar-refractivity contribution in [3.05, 3.63) is 40.2 Å². The first-order valence-corrected chi connectivity index (χ1v) is 7.60. The third-order valence-electron chi connectivity index (χ3n) is 2.87. The molecule has 0 aliphatic rings. The molecule has 19 heavy (non-hydrogen) atoms. The predicted octanol–water partition coefficient (Wildman–Crippen LogP) is 4.26. The van der Waals surface area contributed by atoms with Gasteiger partial charge in [-0.25, -0.2) is 4.98 Å². The van der Waals surface area contributed by atoms with Crippen molar-refractivity contribution < 1.29 is 0 Å². The van der Waals surface area contributed by atoms with Gasteiger partial charge in [-0.1, -0.05) is 37.3 Å². The first-order valence-electron chi connectivity index (χ1n) is 6.78. The Bertz CT molecular complexity index is 523. The normalized spacial score (nSPS) is 11.8. The van der Waals surface area contributed by atoms with E-state index in [1.54, 1.807) is 0 Å². The average Bonchev–Trinajstić information content (AvgIpc) is 2.80. The Morgan fingerprint density at radius 1 is 1.16 bits per heavy atom. The number of thiazole rings is 1. The van der Waals surface area contributed by atoms with Crippen LogP contribution in [0.4, 0.5) is 0 Å². The molecule has 0 bridgehead atoms. The van der Waals surface area contributed by atoms with Crippen molar-refractivity contribution in [1.82, 2.24) is 10.3 Å². The van der Waals surface area contributed by atoms with Crippen LogP contribution in [0.1, 0.15) is 37.6 Å². The second-order valence-corrected chi connectivity index (χ2v) is 6.87. The van der Waals surface area contributed by atoms with Crippen molar-refractivity contribution in [1.29, 1.82) is 0 Å². The fourth-order valence-electron chi connectivity index (χ4n) is 1.84. The van der Waals surface area contributed by atoms with Crippen molar-refractivity contribution in [2.24, 2.45) is 0 Å². The zero-order chi connectivity index (χ0) is 13.9. The predicted molar refractivity (Wildman–Crippen MR) is 83.5 cm³/mol. The fraction of sp³-hybridized carbons (Fsp3) is 0.438. The van der Waals surface area contributed by atoms with Crippen LogP contribution in [0, 0.1) is 0 Å². The molecule has 0 radical (unpaired) electrons. The van der Waals surface area contributed by atoms with Crippen LogP contribution >= 0.6 is 11.3 Å². The number of hydrogen-bond acceptors (Lipinski definition) is 3. The molecule has 2 aromatic rings. The molecule has 1 N–H and O–H groups in total. The summed E-state index contributed by atoms with van der Waals surface area (Å²) in [4.78, 5) is 6.11. The minimum atomic E-state index is 0.129. The maximum atomic E-state index is 4.78. The van der Waals surface area contributed by atoms with E-state index in [-0.39, 0.29) is 5.54 Å². The van der Waals surface area contributed by atoms with E-state index >= 15 is 0 Å². The van der Waals surface area contributed by atoms with Crippen LogP contribution in [0.3, 0.4) is 0 Å². The molecule has 3 heteroatoms. The van der Waals surface area contributed by atoms with Crippen LogP contribution in [0.5, 0.6) is 0 Å². The summed E-state index contributed by atoms with van der Waals surface area (Å²) in [5, 5.41) is 4.77. The van der Waals surface area contributed by atoms with Crippen LogP contribution in [-0.2, 0) is 13.0 Å². The maximum absolute atomic E-state index is 4.78. The van der Waals surface area contributed by atoms with Gasteiger partial charge in [-0.3, -0.25) is 0 Å². The molecule has 0 fully saturated rings. The Morgan fingerprint density at radius 2 is 1.84 bits per heavy atom. The summed E-state index contributed by atoms with van der Waals surface area (Å²) >= 11 is 1.82. The van der Waals surface area contributed by atoms with Crippen LogP contribution in [0.25, 0.3) is 11.3 Å². The molecule has 0 aliphatic heterocycles. The molecule has 0 saturated carbocycles. The van der Waals surface area contributed by atoms with E-state index in [4.69, 9.17) is 4.98 Å². The average molecular weight is 274 g/mol. The molecule has 0 amide bonds. The van der Waals surface area contributed by atoms with Gasteiger partial charge in [0.1, 0.15) is 0 Å². The van der Waals surface area contributed by atoms with Crippen molar-refractivity contribution in [2.75, 3.05) is 0 Å². The molecule has 0 spiro atoms. The van der Waals surface area contributed by atoms with Gasteiger partial charge in [-0.15, -0.1) is 11.3 Å². The molecule has 0 atom stereocenters. The third-order valence-corrected chi connectivity index (χ3v) is 4.07. The topological polar surface area (TPSA) is 24.9 Å². The van der Waals surface area contributed by atoms with E-state index in [0.29, 0.717) is 0 Å². The van der Waals surface area contributed by atoms with Gasteiger partial charge < -0.3 is 5.32 Å². The minimum absolute atomic E-state index is 0.129. The zero-order valence-corrected chi connectivity index (χ0v) is 13.0. The van der Waals surface area contributed by atoms with Gasteiger partial charge >= 0.3 is 0 Å². The second kappa shape index (κ2) is 5.85. The van der Waals surface area contributed by atoms with Crippen molar-refractivity contribution in [3.63, 3.8) is 0 Å². The van der Waals surface area contributed by atoms with Gasteiger partial charge in [0, 0.05) is 22.5 Å². The van der Waals surface area contributed by atoms with Crippen molar-refractivity contribution in [2.45, 2.75) is 46.2 Å². The number of aromatic nitrogens is 1. The van der Waals surface area contributed by atoms with Gasteiger partial charge in [0.15, 0.2) is 0 Å². The summed E-state index contributed by atoms with van der Waals surface area (Å²) in [6.45, 7) is 9.62. The van der Waals surface area contributed by atoms with E-state index in [1.165, 1.54) is 15.4 Å². The highest BCUT2D eigenvalue weighted by molar-refractivity contribution is 7.12. The maximum Gasteiger partial charge on any atom is 0.0933 e. The largest absolute Gasteiger partial charge is 0.307 e. The minimum Gasteiger partial charge on any atom is -0.307 e. The Morgan fingerprint density at radius 3 is 2.42 bits per heavy atom. The van der Waals surface area contributed by atoms with Gasteiger partial charge in [-0.05, 0) is 27.2 Å². The van der Waals surface area contributed by atoms with E-state index in [0.717, 1.165) is 18.7 Å². The van der Waals surface area contributed by atoms with Crippen molar-refractivity contribution in [3.8, 4) is 11.3 Å².